The van der Waals surface area contributed by atoms with Crippen LogP contribution in [-0.4, -0.2) is 20.8 Å². The lowest BCUT2D eigenvalue weighted by molar-refractivity contribution is -0.138. The van der Waals surface area contributed by atoms with E-state index in [2.05, 4.69) is 5.32 Å². The van der Waals surface area contributed by atoms with Crippen molar-refractivity contribution >= 4 is 6.08 Å². The van der Waals surface area contributed by atoms with Crippen molar-refractivity contribution in [1.29, 1.82) is 0 Å². The van der Waals surface area contributed by atoms with E-state index in [1.807, 2.05) is 48.5 Å². The van der Waals surface area contributed by atoms with Crippen LogP contribution in [0.2, 0.25) is 0 Å². The molecule has 3 aromatic carbocycles. The molecule has 0 spiro atoms. The molecule has 0 radical (unpaired) electrons. The Labute approximate surface area is 197 Å². The molecule has 3 aromatic rings. The van der Waals surface area contributed by atoms with Gasteiger partial charge in [-0.2, -0.15) is 13.2 Å². The van der Waals surface area contributed by atoms with Gasteiger partial charge in [-0.05, 0) is 52.9 Å². The minimum absolute atomic E-state index is 0.169. The molecular weight excluding hydrogens is 443 g/mol. The van der Waals surface area contributed by atoms with Crippen molar-refractivity contribution in [3.05, 3.63) is 94.6 Å². The Morgan fingerprint density at radius 1 is 0.941 bits per heavy atom. The fourth-order valence-electron chi connectivity index (χ4n) is 4.03. The highest BCUT2D eigenvalue weighted by atomic mass is 19.4. The van der Waals surface area contributed by atoms with Gasteiger partial charge in [0.15, 0.2) is 11.5 Å². The average molecular weight is 470 g/mol. The van der Waals surface area contributed by atoms with Gasteiger partial charge in [-0.25, -0.2) is 0 Å². The fraction of sp³-hybridized carbons (Fsp3) is 0.259. The topological polar surface area (TPSA) is 39.7 Å². The molecule has 1 heterocycles. The molecule has 1 atom stereocenters. The number of halogens is 3. The quantitative estimate of drug-likeness (QED) is 0.447. The van der Waals surface area contributed by atoms with Crippen molar-refractivity contribution in [2.24, 2.45) is 0 Å². The Morgan fingerprint density at radius 3 is 2.41 bits per heavy atom. The highest BCUT2D eigenvalue weighted by molar-refractivity contribution is 5.57. The van der Waals surface area contributed by atoms with Gasteiger partial charge in [-0.3, -0.25) is 0 Å². The molecule has 7 heteroatoms. The first kappa shape index (κ1) is 23.7. The van der Waals surface area contributed by atoms with Crippen LogP contribution in [0.1, 0.15) is 33.9 Å². The van der Waals surface area contributed by atoms with Crippen LogP contribution in [0.25, 0.3) is 6.08 Å². The zero-order valence-electron chi connectivity index (χ0n) is 19.0. The van der Waals surface area contributed by atoms with Gasteiger partial charge in [0.1, 0.15) is 12.4 Å². The number of hydrogen-bond acceptors (Lipinski definition) is 4. The minimum atomic E-state index is -4.49. The predicted octanol–water partition coefficient (Wildman–Crippen LogP) is 6.20. The van der Waals surface area contributed by atoms with Gasteiger partial charge in [0.2, 0.25) is 0 Å². The van der Waals surface area contributed by atoms with Crippen LogP contribution in [0.3, 0.4) is 0 Å². The predicted molar refractivity (Wildman–Crippen MR) is 125 cm³/mol. The Balaban J connectivity index is 1.58. The van der Waals surface area contributed by atoms with Crippen molar-refractivity contribution in [1.82, 2.24) is 5.32 Å². The summed E-state index contributed by atoms with van der Waals surface area (Å²) in [4.78, 5) is 0. The summed E-state index contributed by atoms with van der Waals surface area (Å²) in [5.74, 6) is 1.08. The number of fused-ring (bicyclic) bond motifs is 1. The van der Waals surface area contributed by atoms with Gasteiger partial charge in [0.05, 0.1) is 25.8 Å². The maximum Gasteiger partial charge on any atom is 0.419 e. The molecular formula is C27H26F3NO3. The first-order valence-corrected chi connectivity index (χ1v) is 10.9. The normalized spacial score (nSPS) is 15.7. The van der Waals surface area contributed by atoms with Crippen molar-refractivity contribution in [3.63, 3.8) is 0 Å². The molecule has 4 rings (SSSR count). The summed E-state index contributed by atoms with van der Waals surface area (Å²) < 4.78 is 56.5. The molecule has 0 aromatic heterocycles. The number of benzene rings is 3. The molecule has 1 aliphatic heterocycles. The Bertz CT molecular complexity index is 1160. The summed E-state index contributed by atoms with van der Waals surface area (Å²) in [6.45, 7) is 1.17. The average Bonchev–Trinajstić information content (AvgIpc) is 2.85. The molecule has 0 fully saturated rings. The van der Waals surface area contributed by atoms with Crippen LogP contribution >= 0.6 is 0 Å². The first-order chi connectivity index (χ1) is 16.4. The SMILES string of the molecule is COc1cc2c(cc1OCc1ccccc1)CCNC2/C=C/c1ccc(OC)c(C(F)(F)F)c1. The van der Waals surface area contributed by atoms with Crippen molar-refractivity contribution in [2.45, 2.75) is 25.2 Å². The summed E-state index contributed by atoms with van der Waals surface area (Å²) in [5.41, 5.74) is 2.83. The van der Waals surface area contributed by atoms with E-state index in [-0.39, 0.29) is 11.8 Å². The Kier molecular flexibility index (Phi) is 7.12. The number of ether oxygens (including phenoxy) is 3. The maximum absolute atomic E-state index is 13.4. The van der Waals surface area contributed by atoms with Crippen LogP contribution < -0.4 is 19.5 Å². The number of nitrogens with one attached hydrogen (secondary N) is 1. The number of rotatable bonds is 7. The maximum atomic E-state index is 13.4. The number of hydrogen-bond donors (Lipinski definition) is 1. The van der Waals surface area contributed by atoms with Crippen molar-refractivity contribution in [3.8, 4) is 17.2 Å². The van der Waals surface area contributed by atoms with E-state index < -0.39 is 11.7 Å². The Hall–Kier alpha value is -3.45. The molecule has 0 saturated heterocycles. The van der Waals surface area contributed by atoms with Gasteiger partial charge in [-0.15, -0.1) is 0 Å². The third kappa shape index (κ3) is 5.37. The van der Waals surface area contributed by atoms with Gasteiger partial charge in [0, 0.05) is 6.54 Å². The summed E-state index contributed by atoms with van der Waals surface area (Å²) >= 11 is 0. The molecule has 4 nitrogen and oxygen atoms in total. The van der Waals surface area contributed by atoms with E-state index in [0.29, 0.717) is 23.7 Å². The molecule has 1 N–H and O–H groups in total. The summed E-state index contributed by atoms with van der Waals surface area (Å²) in [6.07, 6.45) is -0.127. The molecule has 0 aliphatic carbocycles. The molecule has 0 bridgehead atoms. The van der Waals surface area contributed by atoms with Gasteiger partial charge >= 0.3 is 6.18 Å². The van der Waals surface area contributed by atoms with Crippen LogP contribution in [0.5, 0.6) is 17.2 Å². The third-order valence-corrected chi connectivity index (χ3v) is 5.77. The van der Waals surface area contributed by atoms with Gasteiger partial charge in [-0.1, -0.05) is 48.6 Å². The minimum Gasteiger partial charge on any atom is -0.496 e. The molecule has 1 unspecified atom stereocenters. The highest BCUT2D eigenvalue weighted by Crippen LogP contribution is 2.38. The smallest absolute Gasteiger partial charge is 0.419 e. The molecule has 0 saturated carbocycles. The second-order valence-electron chi connectivity index (χ2n) is 7.97. The standard InChI is InChI=1S/C27H26F3NO3/c1-32-24-11-9-18(14-22(24)27(28,29)30)8-10-23-21-16-25(33-2)26(15-20(21)12-13-31-23)34-17-19-6-4-3-5-7-19/h3-11,14-16,23,31H,12-13,17H2,1-2H3/b10-8+. The van der Waals surface area contributed by atoms with Crippen LogP contribution in [0.4, 0.5) is 13.2 Å². The molecule has 1 aliphatic rings. The second-order valence-corrected chi connectivity index (χ2v) is 7.97. The molecule has 178 valence electrons. The third-order valence-electron chi connectivity index (χ3n) is 5.77. The Morgan fingerprint density at radius 2 is 1.71 bits per heavy atom. The summed E-state index contributed by atoms with van der Waals surface area (Å²) in [6, 6.07) is 17.7. The summed E-state index contributed by atoms with van der Waals surface area (Å²) in [5, 5.41) is 3.41. The lowest BCUT2D eigenvalue weighted by Gasteiger charge is -2.26. The molecule has 34 heavy (non-hydrogen) atoms. The first-order valence-electron chi connectivity index (χ1n) is 10.9. The van der Waals surface area contributed by atoms with E-state index in [9.17, 15) is 13.2 Å². The highest BCUT2D eigenvalue weighted by Gasteiger charge is 2.34. The van der Waals surface area contributed by atoms with E-state index in [1.54, 1.807) is 19.3 Å². The number of alkyl halides is 3. The van der Waals surface area contributed by atoms with Crippen molar-refractivity contribution in [2.75, 3.05) is 20.8 Å². The van der Waals surface area contributed by atoms with Crippen LogP contribution in [0.15, 0.2) is 66.7 Å². The monoisotopic (exact) mass is 469 g/mol. The zero-order valence-corrected chi connectivity index (χ0v) is 19.0. The van der Waals surface area contributed by atoms with E-state index in [4.69, 9.17) is 14.2 Å². The number of methoxy groups -OCH3 is 2. The lowest BCUT2D eigenvalue weighted by atomic mass is 9.93. The van der Waals surface area contributed by atoms with E-state index in [0.717, 1.165) is 35.7 Å². The van der Waals surface area contributed by atoms with Crippen molar-refractivity contribution < 1.29 is 27.4 Å². The van der Waals surface area contributed by atoms with Gasteiger partial charge in [0.25, 0.3) is 0 Å². The molecule has 0 amide bonds. The summed E-state index contributed by atoms with van der Waals surface area (Å²) in [7, 11) is 2.82. The van der Waals surface area contributed by atoms with Gasteiger partial charge < -0.3 is 19.5 Å². The lowest BCUT2D eigenvalue weighted by Crippen LogP contribution is -2.28. The van der Waals surface area contributed by atoms with E-state index >= 15 is 0 Å². The van der Waals surface area contributed by atoms with E-state index in [1.165, 1.54) is 13.2 Å². The van der Waals surface area contributed by atoms with Crippen LogP contribution in [0, 0.1) is 0 Å². The fourth-order valence-corrected chi connectivity index (χ4v) is 4.03. The van der Waals surface area contributed by atoms with Crippen LogP contribution in [-0.2, 0) is 19.2 Å². The largest absolute Gasteiger partial charge is 0.496 e. The second kappa shape index (κ2) is 10.2. The zero-order chi connectivity index (χ0) is 24.1.